The van der Waals surface area contributed by atoms with E-state index >= 15 is 0 Å². The Labute approximate surface area is 142 Å². The van der Waals surface area contributed by atoms with Crippen molar-refractivity contribution in [2.45, 2.75) is 65.0 Å². The molecule has 0 aromatic rings. The molecule has 11 atom stereocenters. The zero-order valence-electron chi connectivity index (χ0n) is 15.1. The molecule has 0 aromatic carbocycles. The van der Waals surface area contributed by atoms with E-state index in [2.05, 4.69) is 19.2 Å². The van der Waals surface area contributed by atoms with Crippen LogP contribution in [0.1, 0.15) is 58.8 Å². The van der Waals surface area contributed by atoms with Crippen LogP contribution in [0.3, 0.4) is 0 Å². The van der Waals surface area contributed by atoms with Crippen LogP contribution in [0.4, 0.5) is 0 Å². The van der Waals surface area contributed by atoms with Gasteiger partial charge >= 0.3 is 0 Å². The fourth-order valence-corrected chi connectivity index (χ4v) is 8.34. The van der Waals surface area contributed by atoms with E-state index in [0.29, 0.717) is 0 Å². The minimum absolute atomic E-state index is 0.216. The summed E-state index contributed by atoms with van der Waals surface area (Å²) in [6.45, 7) is 5.92. The van der Waals surface area contributed by atoms with Crippen LogP contribution < -0.4 is 11.1 Å². The summed E-state index contributed by atoms with van der Waals surface area (Å²) >= 11 is 0. The van der Waals surface area contributed by atoms with Crippen LogP contribution in [0.25, 0.3) is 0 Å². The minimum atomic E-state index is 0.216. The van der Waals surface area contributed by atoms with Crippen molar-refractivity contribution >= 4 is 0 Å². The highest BCUT2D eigenvalue weighted by atomic mass is 15.0. The fraction of sp³-hybridized carbons (Fsp3) is 1.00. The number of rotatable bonds is 4. The van der Waals surface area contributed by atoms with Crippen LogP contribution in [0.2, 0.25) is 0 Å². The Morgan fingerprint density at radius 3 is 2.52 bits per heavy atom. The van der Waals surface area contributed by atoms with Gasteiger partial charge in [-0.3, -0.25) is 0 Å². The van der Waals surface area contributed by atoms with E-state index < -0.39 is 0 Å². The zero-order valence-corrected chi connectivity index (χ0v) is 15.1. The number of fused-ring (bicyclic) bond motifs is 6. The largest absolute Gasteiger partial charge is 0.316 e. The Morgan fingerprint density at radius 2 is 1.70 bits per heavy atom. The summed E-state index contributed by atoms with van der Waals surface area (Å²) in [6.07, 6.45) is 10.7. The molecule has 2 bridgehead atoms. The molecule has 2 nitrogen and oxygen atoms in total. The van der Waals surface area contributed by atoms with Gasteiger partial charge in [-0.15, -0.1) is 0 Å². The molecule has 0 spiro atoms. The maximum absolute atomic E-state index is 6.10. The molecule has 3 N–H and O–H groups in total. The standard InChI is InChI=1S/C21H36N2/c1-3-19(22)23-10-14-6-13-8-16(14)17-7-12-5-4-11(2)15-9-18(20(12)15)21(13)17/h11-21,23H,3-10,22H2,1-2H3. The first-order chi connectivity index (χ1) is 11.2. The Balaban J connectivity index is 1.29. The average molecular weight is 317 g/mol. The van der Waals surface area contributed by atoms with E-state index in [-0.39, 0.29) is 6.17 Å². The van der Waals surface area contributed by atoms with Crippen molar-refractivity contribution in [1.29, 1.82) is 0 Å². The second-order valence-electron chi connectivity index (χ2n) is 10.0. The number of nitrogens with two attached hydrogens (primary N) is 1. The van der Waals surface area contributed by atoms with Gasteiger partial charge in [0.2, 0.25) is 0 Å². The summed E-state index contributed by atoms with van der Waals surface area (Å²) in [5, 5.41) is 3.62. The molecule has 0 aliphatic heterocycles. The molecule has 5 rings (SSSR count). The smallest absolute Gasteiger partial charge is 0.0543 e. The SMILES string of the molecule is CCC(N)NCC1CC2CC1C1CC3CCC(C)C4CC(C34)C21. The van der Waals surface area contributed by atoms with Gasteiger partial charge in [-0.1, -0.05) is 20.3 Å². The second-order valence-corrected chi connectivity index (χ2v) is 10.0. The molecule has 0 amide bonds. The van der Waals surface area contributed by atoms with Crippen molar-refractivity contribution in [2.24, 2.45) is 64.9 Å². The van der Waals surface area contributed by atoms with Gasteiger partial charge in [0.05, 0.1) is 6.17 Å². The first kappa shape index (κ1) is 15.2. The molecule has 5 aliphatic rings. The van der Waals surface area contributed by atoms with E-state index in [9.17, 15) is 0 Å². The van der Waals surface area contributed by atoms with Crippen molar-refractivity contribution in [3.8, 4) is 0 Å². The summed E-state index contributed by atoms with van der Waals surface area (Å²) < 4.78 is 0. The van der Waals surface area contributed by atoms with Crippen LogP contribution in [0, 0.1) is 59.2 Å². The van der Waals surface area contributed by atoms with E-state index in [1.54, 1.807) is 25.7 Å². The normalized spacial score (nSPS) is 57.5. The summed E-state index contributed by atoms with van der Waals surface area (Å²) in [4.78, 5) is 0. The molecule has 5 fully saturated rings. The van der Waals surface area contributed by atoms with E-state index in [1.807, 2.05) is 0 Å². The molecule has 11 unspecified atom stereocenters. The Kier molecular flexibility index (Phi) is 3.61. The van der Waals surface area contributed by atoms with Crippen LogP contribution in [0.5, 0.6) is 0 Å². The van der Waals surface area contributed by atoms with Gasteiger partial charge in [0.15, 0.2) is 0 Å². The number of nitrogens with one attached hydrogen (secondary N) is 1. The van der Waals surface area contributed by atoms with Gasteiger partial charge < -0.3 is 11.1 Å². The summed E-state index contributed by atoms with van der Waals surface area (Å²) in [5.74, 6) is 10.9. The molecule has 5 saturated carbocycles. The highest BCUT2D eigenvalue weighted by molar-refractivity contribution is 5.13. The lowest BCUT2D eigenvalue weighted by molar-refractivity contribution is -0.148. The molecular weight excluding hydrogens is 280 g/mol. The maximum Gasteiger partial charge on any atom is 0.0543 e. The maximum atomic E-state index is 6.10. The Bertz CT molecular complexity index is 463. The molecule has 23 heavy (non-hydrogen) atoms. The molecule has 0 aromatic heterocycles. The predicted molar refractivity (Wildman–Crippen MR) is 94.5 cm³/mol. The third-order valence-corrected chi connectivity index (χ3v) is 9.33. The molecule has 2 heteroatoms. The van der Waals surface area contributed by atoms with Crippen molar-refractivity contribution in [3.05, 3.63) is 0 Å². The molecule has 0 saturated heterocycles. The van der Waals surface area contributed by atoms with Crippen LogP contribution >= 0.6 is 0 Å². The highest BCUT2D eigenvalue weighted by Gasteiger charge is 2.64. The van der Waals surface area contributed by atoms with Crippen molar-refractivity contribution in [3.63, 3.8) is 0 Å². The number of hydrogen-bond acceptors (Lipinski definition) is 2. The Hall–Kier alpha value is -0.0800. The van der Waals surface area contributed by atoms with Crippen molar-refractivity contribution in [1.82, 2.24) is 5.32 Å². The van der Waals surface area contributed by atoms with Crippen LogP contribution in [0.15, 0.2) is 0 Å². The first-order valence-corrected chi connectivity index (χ1v) is 10.7. The van der Waals surface area contributed by atoms with E-state index in [4.69, 9.17) is 5.73 Å². The third-order valence-electron chi connectivity index (χ3n) is 9.33. The summed E-state index contributed by atoms with van der Waals surface area (Å²) in [6, 6.07) is 0. The lowest BCUT2D eigenvalue weighted by atomic mass is 9.42. The van der Waals surface area contributed by atoms with Gasteiger partial charge in [0.25, 0.3) is 0 Å². The third kappa shape index (κ3) is 2.13. The summed E-state index contributed by atoms with van der Waals surface area (Å²) in [5.41, 5.74) is 6.10. The van der Waals surface area contributed by atoms with Gasteiger partial charge in [0, 0.05) is 0 Å². The average Bonchev–Trinajstić information content (AvgIpc) is 3.08. The molecule has 130 valence electrons. The summed E-state index contributed by atoms with van der Waals surface area (Å²) in [7, 11) is 0. The van der Waals surface area contributed by atoms with Gasteiger partial charge in [0.1, 0.15) is 0 Å². The zero-order chi connectivity index (χ0) is 15.7. The number of hydrogen-bond donors (Lipinski definition) is 2. The fourth-order valence-electron chi connectivity index (χ4n) is 8.34. The van der Waals surface area contributed by atoms with Gasteiger partial charge in [-0.05, 0) is 104 Å². The lowest BCUT2D eigenvalue weighted by Crippen LogP contribution is -2.57. The van der Waals surface area contributed by atoms with Crippen LogP contribution in [-0.2, 0) is 0 Å². The second kappa shape index (κ2) is 5.46. The lowest BCUT2D eigenvalue weighted by Gasteiger charge is -2.63. The first-order valence-electron chi connectivity index (χ1n) is 10.7. The molecule has 0 heterocycles. The van der Waals surface area contributed by atoms with Gasteiger partial charge in [-0.25, -0.2) is 0 Å². The predicted octanol–water partition coefficient (Wildman–Crippen LogP) is 3.86. The van der Waals surface area contributed by atoms with Crippen molar-refractivity contribution in [2.75, 3.05) is 6.54 Å². The highest BCUT2D eigenvalue weighted by Crippen LogP contribution is 2.70. The van der Waals surface area contributed by atoms with E-state index in [0.717, 1.165) is 65.6 Å². The van der Waals surface area contributed by atoms with E-state index in [1.165, 1.54) is 19.4 Å². The minimum Gasteiger partial charge on any atom is -0.316 e. The van der Waals surface area contributed by atoms with Crippen molar-refractivity contribution < 1.29 is 0 Å². The quantitative estimate of drug-likeness (QED) is 0.773. The topological polar surface area (TPSA) is 38.0 Å². The van der Waals surface area contributed by atoms with Crippen LogP contribution in [-0.4, -0.2) is 12.7 Å². The molecular formula is C21H36N2. The monoisotopic (exact) mass is 316 g/mol. The van der Waals surface area contributed by atoms with Gasteiger partial charge in [-0.2, -0.15) is 0 Å². The Morgan fingerprint density at radius 1 is 0.913 bits per heavy atom. The molecule has 0 radical (unpaired) electrons. The molecule has 5 aliphatic carbocycles.